The van der Waals surface area contributed by atoms with Crippen LogP contribution in [0.1, 0.15) is 61.8 Å². The van der Waals surface area contributed by atoms with Gasteiger partial charge in [-0.25, -0.2) is 9.69 Å². The van der Waals surface area contributed by atoms with Crippen LogP contribution >= 0.6 is 0 Å². The topological polar surface area (TPSA) is 55.8 Å². The molecule has 1 aliphatic heterocycles. The van der Waals surface area contributed by atoms with E-state index in [1.807, 2.05) is 13.8 Å². The van der Waals surface area contributed by atoms with Crippen molar-refractivity contribution in [3.63, 3.8) is 0 Å². The summed E-state index contributed by atoms with van der Waals surface area (Å²) in [7, 11) is -2.09. The Balaban J connectivity index is 3.02. The number of carbonyl (C=O) groups is 2. The largest absolute Gasteiger partial charge is 0.443 e. The molecule has 0 spiro atoms. The molecule has 2 atom stereocenters. The molecule has 0 unspecified atom stereocenters. The molecular weight excluding hydrogens is 322 g/mol. The third-order valence-corrected chi connectivity index (χ3v) is 9.39. The van der Waals surface area contributed by atoms with Crippen LogP contribution in [-0.2, 0) is 14.0 Å². The van der Waals surface area contributed by atoms with Crippen LogP contribution in [-0.4, -0.2) is 43.0 Å². The van der Waals surface area contributed by atoms with Gasteiger partial charge in [-0.1, -0.05) is 34.6 Å². The highest BCUT2D eigenvalue weighted by atomic mass is 28.4. The Bertz CT molecular complexity index is 488. The zero-order chi connectivity index (χ0) is 19.1. The molecule has 6 heteroatoms. The second kappa shape index (κ2) is 6.79. The SMILES string of the molecule is CC(C)[C@H]1C[C@@H](O[Si](C)(C)C(C)(C)C)C(=O)N1C(=O)OC(C)(C)C. The number of imide groups is 1. The Morgan fingerprint density at radius 1 is 1.17 bits per heavy atom. The van der Waals surface area contributed by atoms with Crippen molar-refractivity contribution < 1.29 is 18.8 Å². The van der Waals surface area contributed by atoms with Crippen LogP contribution in [0.2, 0.25) is 18.1 Å². The first-order chi connectivity index (χ1) is 10.6. The minimum atomic E-state index is -2.09. The molecule has 140 valence electrons. The first-order valence-corrected chi connectivity index (χ1v) is 11.7. The number of hydrogen-bond acceptors (Lipinski definition) is 4. The number of amides is 2. The Labute approximate surface area is 148 Å². The van der Waals surface area contributed by atoms with E-state index in [-0.39, 0.29) is 22.9 Å². The highest BCUT2D eigenvalue weighted by Crippen LogP contribution is 2.40. The van der Waals surface area contributed by atoms with E-state index in [2.05, 4.69) is 33.9 Å². The lowest BCUT2D eigenvalue weighted by Crippen LogP contribution is -2.48. The molecule has 0 aromatic carbocycles. The highest BCUT2D eigenvalue weighted by molar-refractivity contribution is 6.74. The summed E-state index contributed by atoms with van der Waals surface area (Å²) in [6.45, 7) is 20.1. The number of rotatable bonds is 3. The fourth-order valence-corrected chi connectivity index (χ4v) is 3.74. The second-order valence-electron chi connectivity index (χ2n) is 9.60. The zero-order valence-corrected chi connectivity index (χ0v) is 18.0. The maximum atomic E-state index is 12.9. The Kier molecular flexibility index (Phi) is 5.98. The summed E-state index contributed by atoms with van der Waals surface area (Å²) >= 11 is 0. The van der Waals surface area contributed by atoms with Crippen molar-refractivity contribution in [2.45, 2.75) is 97.7 Å². The van der Waals surface area contributed by atoms with Gasteiger partial charge in [0.15, 0.2) is 8.32 Å². The number of ether oxygens (including phenoxy) is 1. The fourth-order valence-electron chi connectivity index (χ4n) is 2.48. The summed E-state index contributed by atoms with van der Waals surface area (Å²) < 4.78 is 11.7. The normalized spacial score (nSPS) is 23.1. The lowest BCUT2D eigenvalue weighted by atomic mass is 10.0. The van der Waals surface area contributed by atoms with Gasteiger partial charge in [0.2, 0.25) is 0 Å². The van der Waals surface area contributed by atoms with Crippen LogP contribution in [0.5, 0.6) is 0 Å². The van der Waals surface area contributed by atoms with Crippen molar-refractivity contribution in [2.24, 2.45) is 5.92 Å². The van der Waals surface area contributed by atoms with E-state index < -0.39 is 26.1 Å². The fraction of sp³-hybridized carbons (Fsp3) is 0.889. The summed E-state index contributed by atoms with van der Waals surface area (Å²) in [6.07, 6.45) is -0.569. The number of hydrogen-bond donors (Lipinski definition) is 0. The van der Waals surface area contributed by atoms with Crippen molar-refractivity contribution in [1.82, 2.24) is 4.90 Å². The molecule has 2 amide bonds. The number of likely N-dealkylation sites (tertiary alicyclic amines) is 1. The molecule has 1 saturated heterocycles. The average Bonchev–Trinajstić information content (AvgIpc) is 2.62. The van der Waals surface area contributed by atoms with Gasteiger partial charge in [-0.15, -0.1) is 0 Å². The summed E-state index contributed by atoms with van der Waals surface area (Å²) in [5, 5.41) is 0.0138. The number of nitrogens with zero attached hydrogens (tertiary/aromatic N) is 1. The summed E-state index contributed by atoms with van der Waals surface area (Å²) in [6, 6.07) is -0.179. The van der Waals surface area contributed by atoms with Gasteiger partial charge in [-0.2, -0.15) is 0 Å². The number of carbonyl (C=O) groups excluding carboxylic acids is 2. The van der Waals surface area contributed by atoms with Gasteiger partial charge in [-0.3, -0.25) is 4.79 Å². The third-order valence-electron chi connectivity index (χ3n) is 4.90. The van der Waals surface area contributed by atoms with Crippen LogP contribution in [0.3, 0.4) is 0 Å². The van der Waals surface area contributed by atoms with Crippen LogP contribution < -0.4 is 0 Å². The third kappa shape index (κ3) is 4.82. The molecule has 0 aliphatic carbocycles. The molecule has 1 rings (SSSR count). The van der Waals surface area contributed by atoms with Crippen LogP contribution in [0.4, 0.5) is 4.79 Å². The molecule has 1 heterocycles. The maximum Gasteiger partial charge on any atom is 0.417 e. The van der Waals surface area contributed by atoms with Gasteiger partial charge in [0, 0.05) is 12.5 Å². The summed E-state index contributed by atoms with van der Waals surface area (Å²) in [5.74, 6) is -0.0951. The lowest BCUT2D eigenvalue weighted by molar-refractivity contribution is -0.134. The molecule has 0 N–H and O–H groups in total. The van der Waals surface area contributed by atoms with E-state index in [0.29, 0.717) is 6.42 Å². The van der Waals surface area contributed by atoms with Crippen molar-refractivity contribution >= 4 is 20.3 Å². The van der Waals surface area contributed by atoms with E-state index >= 15 is 0 Å². The average molecular weight is 358 g/mol. The van der Waals surface area contributed by atoms with Gasteiger partial charge in [0.25, 0.3) is 5.91 Å². The molecule has 0 bridgehead atoms. The van der Waals surface area contributed by atoms with Crippen molar-refractivity contribution in [2.75, 3.05) is 0 Å². The van der Waals surface area contributed by atoms with E-state index in [0.717, 1.165) is 0 Å². The van der Waals surface area contributed by atoms with Gasteiger partial charge < -0.3 is 9.16 Å². The smallest absolute Gasteiger partial charge is 0.417 e. The van der Waals surface area contributed by atoms with Crippen LogP contribution in [0.15, 0.2) is 0 Å². The predicted octanol–water partition coefficient (Wildman–Crippen LogP) is 4.57. The monoisotopic (exact) mass is 357 g/mol. The Hall–Kier alpha value is -0.883. The molecule has 0 radical (unpaired) electrons. The van der Waals surface area contributed by atoms with E-state index in [9.17, 15) is 9.59 Å². The summed E-state index contributed by atoms with van der Waals surface area (Å²) in [5.41, 5.74) is -0.628. The van der Waals surface area contributed by atoms with Crippen molar-refractivity contribution in [3.8, 4) is 0 Å². The van der Waals surface area contributed by atoms with Crippen molar-refractivity contribution in [1.29, 1.82) is 0 Å². The molecule has 1 aliphatic rings. The van der Waals surface area contributed by atoms with Gasteiger partial charge >= 0.3 is 6.09 Å². The quantitative estimate of drug-likeness (QED) is 0.694. The lowest BCUT2D eigenvalue weighted by Gasteiger charge is -2.37. The molecule has 0 saturated carbocycles. The first kappa shape index (κ1) is 21.2. The van der Waals surface area contributed by atoms with Crippen LogP contribution in [0.25, 0.3) is 0 Å². The molecule has 0 aromatic rings. The van der Waals surface area contributed by atoms with E-state index in [4.69, 9.17) is 9.16 Å². The van der Waals surface area contributed by atoms with Gasteiger partial charge in [0.1, 0.15) is 11.7 Å². The molecule has 0 aromatic heterocycles. The molecule has 5 nitrogen and oxygen atoms in total. The standard InChI is InChI=1S/C18H35NO4Si/c1-12(2)13-11-14(23-24(9,10)18(6,7)8)15(20)19(13)16(21)22-17(3,4)5/h12-14H,11H2,1-10H3/t13-,14-/m1/s1. The Morgan fingerprint density at radius 3 is 2.04 bits per heavy atom. The molecule has 1 fully saturated rings. The van der Waals surface area contributed by atoms with Crippen LogP contribution in [0, 0.1) is 5.92 Å². The van der Waals surface area contributed by atoms with Crippen molar-refractivity contribution in [3.05, 3.63) is 0 Å². The molecular formula is C18H35NO4Si. The minimum absolute atomic E-state index is 0.0138. The molecule has 24 heavy (non-hydrogen) atoms. The minimum Gasteiger partial charge on any atom is -0.443 e. The maximum absolute atomic E-state index is 12.9. The zero-order valence-electron chi connectivity index (χ0n) is 17.0. The second-order valence-corrected chi connectivity index (χ2v) is 14.4. The predicted molar refractivity (Wildman–Crippen MR) is 98.4 cm³/mol. The Morgan fingerprint density at radius 2 is 1.67 bits per heavy atom. The highest BCUT2D eigenvalue weighted by Gasteiger charge is 2.50. The van der Waals surface area contributed by atoms with E-state index in [1.54, 1.807) is 20.8 Å². The van der Waals surface area contributed by atoms with E-state index in [1.165, 1.54) is 4.90 Å². The van der Waals surface area contributed by atoms with Gasteiger partial charge in [-0.05, 0) is 44.8 Å². The van der Waals surface area contributed by atoms with Gasteiger partial charge in [0.05, 0.1) is 0 Å². The summed E-state index contributed by atoms with van der Waals surface area (Å²) in [4.78, 5) is 26.7. The first-order valence-electron chi connectivity index (χ1n) is 8.80.